The highest BCUT2D eigenvalue weighted by molar-refractivity contribution is 6.14. The van der Waals surface area contributed by atoms with Crippen LogP contribution in [0.15, 0.2) is 165 Å². The van der Waals surface area contributed by atoms with Crippen molar-refractivity contribution < 1.29 is 13.3 Å². The number of para-hydroxylation sites is 3. The first-order valence-corrected chi connectivity index (χ1v) is 16.8. The minimum Gasteiger partial charge on any atom is -0.456 e. The number of hydrogen-bond donors (Lipinski definition) is 0. The standard InChI is InChI=1S/C45H25N3O3/c1-2-10-26(11-3-1)43-46-44(28-21-22-32-30-12-4-6-17-36(30)49-39(32)25-28)48-45(47-43)35-16-9-19-38-41(35)34-23-20-27(24-40(34)50-38)29-14-8-15-33-31-13-5-7-18-37(31)51-42(29)33/h1-25H. The quantitative estimate of drug-likeness (QED) is 0.188. The topological polar surface area (TPSA) is 78.1 Å². The Hall–Kier alpha value is -7.05. The third kappa shape index (κ3) is 4.33. The molecular weight excluding hydrogens is 631 g/mol. The van der Waals surface area contributed by atoms with E-state index in [1.807, 2.05) is 84.9 Å². The Balaban J connectivity index is 1.09. The van der Waals surface area contributed by atoms with Crippen LogP contribution in [0.4, 0.5) is 0 Å². The van der Waals surface area contributed by atoms with Crippen molar-refractivity contribution in [3.63, 3.8) is 0 Å². The maximum Gasteiger partial charge on any atom is 0.164 e. The SMILES string of the molecule is c1ccc(-c2nc(-c3ccc4c(c3)oc3ccccc34)nc(-c3cccc4oc5cc(-c6cccc7c6oc6ccccc67)ccc5c34)n2)cc1. The van der Waals surface area contributed by atoms with Crippen molar-refractivity contribution >= 4 is 65.8 Å². The second kappa shape index (κ2) is 10.7. The van der Waals surface area contributed by atoms with Crippen molar-refractivity contribution in [2.75, 3.05) is 0 Å². The van der Waals surface area contributed by atoms with Gasteiger partial charge in [-0.15, -0.1) is 0 Å². The number of fused-ring (bicyclic) bond motifs is 9. The second-order valence-electron chi connectivity index (χ2n) is 12.8. The molecular formula is C45H25N3O3. The van der Waals surface area contributed by atoms with E-state index < -0.39 is 0 Å². The Morgan fingerprint density at radius 2 is 0.863 bits per heavy atom. The van der Waals surface area contributed by atoms with E-state index >= 15 is 0 Å². The third-order valence-electron chi connectivity index (χ3n) is 9.76. The van der Waals surface area contributed by atoms with Crippen LogP contribution in [0.2, 0.25) is 0 Å². The Morgan fingerprint density at radius 3 is 1.73 bits per heavy atom. The van der Waals surface area contributed by atoms with Crippen molar-refractivity contribution in [3.05, 3.63) is 152 Å². The first kappa shape index (κ1) is 27.9. The van der Waals surface area contributed by atoms with Crippen LogP contribution in [-0.2, 0) is 0 Å². The van der Waals surface area contributed by atoms with Gasteiger partial charge in [0.1, 0.15) is 33.5 Å². The summed E-state index contributed by atoms with van der Waals surface area (Å²) in [6.45, 7) is 0. The van der Waals surface area contributed by atoms with E-state index in [0.29, 0.717) is 17.5 Å². The molecule has 0 atom stereocenters. The van der Waals surface area contributed by atoms with E-state index in [1.165, 1.54) is 0 Å². The summed E-state index contributed by atoms with van der Waals surface area (Å²) in [6, 6.07) is 51.0. The lowest BCUT2D eigenvalue weighted by atomic mass is 10.00. The zero-order valence-corrected chi connectivity index (χ0v) is 27.0. The summed E-state index contributed by atoms with van der Waals surface area (Å²) in [6.07, 6.45) is 0. The molecule has 0 aliphatic rings. The molecule has 4 aromatic heterocycles. The predicted molar refractivity (Wildman–Crippen MR) is 203 cm³/mol. The van der Waals surface area contributed by atoms with Gasteiger partial charge in [-0.25, -0.2) is 15.0 Å². The van der Waals surface area contributed by atoms with Crippen LogP contribution in [0, 0.1) is 0 Å². The van der Waals surface area contributed by atoms with Gasteiger partial charge in [0.05, 0.1) is 0 Å². The van der Waals surface area contributed by atoms with Crippen molar-refractivity contribution in [1.82, 2.24) is 15.0 Å². The number of rotatable bonds is 4. The summed E-state index contributed by atoms with van der Waals surface area (Å²) in [5.74, 6) is 1.71. The van der Waals surface area contributed by atoms with Gasteiger partial charge in [-0.1, -0.05) is 109 Å². The summed E-state index contributed by atoms with van der Waals surface area (Å²) >= 11 is 0. The highest BCUT2D eigenvalue weighted by Crippen LogP contribution is 2.41. The Bertz CT molecular complexity index is 3150. The molecule has 0 bridgehead atoms. The molecule has 238 valence electrons. The molecule has 0 N–H and O–H groups in total. The molecule has 11 aromatic rings. The molecule has 0 unspecified atom stereocenters. The fourth-order valence-electron chi connectivity index (χ4n) is 7.36. The smallest absolute Gasteiger partial charge is 0.164 e. The van der Waals surface area contributed by atoms with Crippen molar-refractivity contribution in [1.29, 1.82) is 0 Å². The lowest BCUT2D eigenvalue weighted by Gasteiger charge is -2.09. The molecule has 0 spiro atoms. The van der Waals surface area contributed by atoms with Crippen LogP contribution in [0.1, 0.15) is 0 Å². The van der Waals surface area contributed by atoms with Gasteiger partial charge >= 0.3 is 0 Å². The first-order valence-electron chi connectivity index (χ1n) is 16.8. The van der Waals surface area contributed by atoms with Crippen LogP contribution in [0.25, 0.3) is 111 Å². The molecule has 0 aliphatic heterocycles. The van der Waals surface area contributed by atoms with Crippen LogP contribution in [0.3, 0.4) is 0 Å². The minimum absolute atomic E-state index is 0.562. The molecule has 0 saturated heterocycles. The fraction of sp³-hybridized carbons (Fsp3) is 0. The lowest BCUT2D eigenvalue weighted by molar-refractivity contribution is 0.668. The Kier molecular flexibility index (Phi) is 5.86. The second-order valence-corrected chi connectivity index (χ2v) is 12.8. The van der Waals surface area contributed by atoms with Gasteiger partial charge in [-0.05, 0) is 48.0 Å². The van der Waals surface area contributed by atoms with E-state index in [9.17, 15) is 0 Å². The van der Waals surface area contributed by atoms with Crippen LogP contribution >= 0.6 is 0 Å². The van der Waals surface area contributed by atoms with Crippen molar-refractivity contribution in [3.8, 4) is 45.3 Å². The summed E-state index contributed by atoms with van der Waals surface area (Å²) in [5.41, 5.74) is 9.55. The zero-order chi connectivity index (χ0) is 33.5. The lowest BCUT2D eigenvalue weighted by Crippen LogP contribution is -2.00. The molecule has 51 heavy (non-hydrogen) atoms. The summed E-state index contributed by atoms with van der Waals surface area (Å²) in [4.78, 5) is 15.1. The third-order valence-corrected chi connectivity index (χ3v) is 9.76. The molecule has 7 aromatic carbocycles. The van der Waals surface area contributed by atoms with Gasteiger partial charge in [-0.2, -0.15) is 0 Å². The summed E-state index contributed by atoms with van der Waals surface area (Å²) in [5, 5.41) is 6.26. The molecule has 11 rings (SSSR count). The average molecular weight is 656 g/mol. The summed E-state index contributed by atoms with van der Waals surface area (Å²) < 4.78 is 19.1. The monoisotopic (exact) mass is 655 g/mol. The Labute approximate surface area is 290 Å². The number of furan rings is 3. The number of nitrogens with zero attached hydrogens (tertiary/aromatic N) is 3. The minimum atomic E-state index is 0.562. The maximum atomic E-state index is 6.54. The number of benzene rings is 7. The largest absolute Gasteiger partial charge is 0.456 e. The van der Waals surface area contributed by atoms with Gasteiger partial charge < -0.3 is 13.3 Å². The average Bonchev–Trinajstić information content (AvgIpc) is 3.88. The van der Waals surface area contributed by atoms with Gasteiger partial charge in [0.15, 0.2) is 17.5 Å². The molecule has 4 heterocycles. The Morgan fingerprint density at radius 1 is 0.314 bits per heavy atom. The molecule has 0 saturated carbocycles. The predicted octanol–water partition coefficient (Wildman–Crippen LogP) is 12.2. The molecule has 0 aliphatic carbocycles. The van der Waals surface area contributed by atoms with E-state index in [-0.39, 0.29) is 0 Å². The highest BCUT2D eigenvalue weighted by atomic mass is 16.3. The fourth-order valence-corrected chi connectivity index (χ4v) is 7.36. The molecule has 0 radical (unpaired) electrons. The van der Waals surface area contributed by atoms with Gasteiger partial charge in [0.25, 0.3) is 0 Å². The van der Waals surface area contributed by atoms with E-state index in [4.69, 9.17) is 28.2 Å². The van der Waals surface area contributed by atoms with Gasteiger partial charge in [0.2, 0.25) is 0 Å². The molecule has 0 amide bonds. The number of hydrogen-bond acceptors (Lipinski definition) is 6. The molecule has 6 heteroatoms. The number of aromatic nitrogens is 3. The van der Waals surface area contributed by atoms with Crippen molar-refractivity contribution in [2.24, 2.45) is 0 Å². The molecule has 0 fully saturated rings. The van der Waals surface area contributed by atoms with Crippen LogP contribution in [-0.4, -0.2) is 15.0 Å². The maximum absolute atomic E-state index is 6.54. The van der Waals surface area contributed by atoms with E-state index in [0.717, 1.165) is 93.6 Å². The normalized spacial score (nSPS) is 11.9. The van der Waals surface area contributed by atoms with Gasteiger partial charge in [-0.3, -0.25) is 0 Å². The van der Waals surface area contributed by atoms with Crippen LogP contribution < -0.4 is 0 Å². The summed E-state index contributed by atoms with van der Waals surface area (Å²) in [7, 11) is 0. The van der Waals surface area contributed by atoms with Crippen LogP contribution in [0.5, 0.6) is 0 Å². The van der Waals surface area contributed by atoms with E-state index in [1.54, 1.807) is 0 Å². The molecule has 6 nitrogen and oxygen atoms in total. The highest BCUT2D eigenvalue weighted by Gasteiger charge is 2.20. The van der Waals surface area contributed by atoms with E-state index in [2.05, 4.69) is 66.7 Å². The van der Waals surface area contributed by atoms with Crippen molar-refractivity contribution in [2.45, 2.75) is 0 Å². The first-order chi connectivity index (χ1) is 25.2. The zero-order valence-electron chi connectivity index (χ0n) is 27.0. The van der Waals surface area contributed by atoms with Gasteiger partial charge in [0, 0.05) is 54.6 Å².